The highest BCUT2D eigenvalue weighted by Crippen LogP contribution is 2.41. The second-order valence-electron chi connectivity index (χ2n) is 5.15. The lowest BCUT2D eigenvalue weighted by Crippen LogP contribution is -2.30. The highest BCUT2D eigenvalue weighted by molar-refractivity contribution is 5.92. The number of benzene rings is 1. The normalized spacial score (nSPS) is 15.3. The number of rotatable bonds is 5. The first-order valence-corrected chi connectivity index (χ1v) is 6.99. The van der Waals surface area contributed by atoms with Gasteiger partial charge in [-0.2, -0.15) is 0 Å². The average Bonchev–Trinajstić information content (AvgIpc) is 3.38. The van der Waals surface area contributed by atoms with Gasteiger partial charge < -0.3 is 10.1 Å². The number of methoxy groups -OCH3 is 1. The second kappa shape index (κ2) is 5.91. The Kier molecular flexibility index (Phi) is 3.81. The van der Waals surface area contributed by atoms with Crippen LogP contribution < -0.4 is 10.1 Å². The molecule has 0 radical (unpaired) electrons. The number of nitrogens with zero attached hydrogens (tertiary/aromatic N) is 2. The van der Waals surface area contributed by atoms with Gasteiger partial charge in [0.1, 0.15) is 11.4 Å². The Morgan fingerprint density at radius 2 is 2.05 bits per heavy atom. The van der Waals surface area contributed by atoms with E-state index in [9.17, 15) is 4.79 Å². The van der Waals surface area contributed by atoms with Crippen LogP contribution in [-0.4, -0.2) is 23.0 Å². The van der Waals surface area contributed by atoms with Gasteiger partial charge in [-0.1, -0.05) is 12.1 Å². The van der Waals surface area contributed by atoms with Crippen LogP contribution in [0, 0.1) is 5.92 Å². The molecule has 1 heterocycles. The zero-order valence-electron chi connectivity index (χ0n) is 11.8. The van der Waals surface area contributed by atoms with Crippen LogP contribution in [0.5, 0.6) is 5.75 Å². The maximum absolute atomic E-state index is 12.2. The van der Waals surface area contributed by atoms with Crippen molar-refractivity contribution in [2.75, 3.05) is 7.11 Å². The molecule has 1 saturated carbocycles. The Labute approximate surface area is 123 Å². The van der Waals surface area contributed by atoms with E-state index in [0.29, 0.717) is 11.6 Å². The van der Waals surface area contributed by atoms with Crippen molar-refractivity contribution in [2.45, 2.75) is 18.9 Å². The molecule has 1 aromatic heterocycles. The van der Waals surface area contributed by atoms with Crippen molar-refractivity contribution in [3.8, 4) is 5.75 Å². The summed E-state index contributed by atoms with van der Waals surface area (Å²) in [5, 5.41) is 3.07. The van der Waals surface area contributed by atoms with Crippen LogP contribution in [0.25, 0.3) is 0 Å². The van der Waals surface area contributed by atoms with Crippen LogP contribution in [0.3, 0.4) is 0 Å². The Bertz CT molecular complexity index is 609. The van der Waals surface area contributed by atoms with Crippen LogP contribution in [0.1, 0.15) is 34.9 Å². The topological polar surface area (TPSA) is 64.1 Å². The van der Waals surface area contributed by atoms with Gasteiger partial charge in [-0.25, -0.2) is 4.98 Å². The zero-order valence-corrected chi connectivity index (χ0v) is 11.8. The number of nitrogens with one attached hydrogen (secondary N) is 1. The summed E-state index contributed by atoms with van der Waals surface area (Å²) < 4.78 is 5.17. The van der Waals surface area contributed by atoms with Gasteiger partial charge in [0.15, 0.2) is 0 Å². The van der Waals surface area contributed by atoms with Crippen molar-refractivity contribution >= 4 is 5.91 Å². The van der Waals surface area contributed by atoms with Gasteiger partial charge in [0, 0.05) is 12.4 Å². The molecule has 108 valence electrons. The third-order valence-corrected chi connectivity index (χ3v) is 3.65. The van der Waals surface area contributed by atoms with Gasteiger partial charge in [0.25, 0.3) is 5.91 Å². The number of hydrogen-bond acceptors (Lipinski definition) is 4. The average molecular weight is 283 g/mol. The van der Waals surface area contributed by atoms with Crippen molar-refractivity contribution in [2.24, 2.45) is 5.92 Å². The number of aromatic nitrogens is 2. The molecule has 1 fully saturated rings. The minimum Gasteiger partial charge on any atom is -0.497 e. The van der Waals surface area contributed by atoms with Gasteiger partial charge in [0.2, 0.25) is 0 Å². The molecule has 1 aliphatic rings. The van der Waals surface area contributed by atoms with E-state index in [1.54, 1.807) is 13.3 Å². The predicted molar refractivity (Wildman–Crippen MR) is 78.0 cm³/mol. The molecule has 0 bridgehead atoms. The molecule has 0 aliphatic heterocycles. The molecule has 5 heteroatoms. The molecular formula is C16H17N3O2. The van der Waals surface area contributed by atoms with Crippen molar-refractivity contribution in [1.82, 2.24) is 15.3 Å². The third kappa shape index (κ3) is 3.18. The van der Waals surface area contributed by atoms with Crippen LogP contribution in [-0.2, 0) is 0 Å². The molecule has 1 atom stereocenters. The van der Waals surface area contributed by atoms with Crippen LogP contribution >= 0.6 is 0 Å². The van der Waals surface area contributed by atoms with Crippen molar-refractivity contribution in [3.05, 3.63) is 54.1 Å². The van der Waals surface area contributed by atoms with Crippen molar-refractivity contribution in [1.29, 1.82) is 0 Å². The summed E-state index contributed by atoms with van der Waals surface area (Å²) in [5.74, 6) is 1.13. The van der Waals surface area contributed by atoms with Crippen LogP contribution in [0.4, 0.5) is 0 Å². The molecule has 3 rings (SSSR count). The molecular weight excluding hydrogens is 266 g/mol. The fourth-order valence-electron chi connectivity index (χ4n) is 2.35. The second-order valence-corrected chi connectivity index (χ2v) is 5.15. The van der Waals surface area contributed by atoms with E-state index in [4.69, 9.17) is 4.74 Å². The zero-order chi connectivity index (χ0) is 14.7. The minimum absolute atomic E-state index is 0.0189. The molecule has 2 aromatic rings. The molecule has 1 unspecified atom stereocenters. The molecule has 1 N–H and O–H groups in total. The van der Waals surface area contributed by atoms with Crippen LogP contribution in [0.15, 0.2) is 42.9 Å². The SMILES string of the molecule is COc1ccc(C(NC(=O)c2cnccn2)C2CC2)cc1. The summed E-state index contributed by atoms with van der Waals surface area (Å²) in [6, 6.07) is 7.85. The van der Waals surface area contributed by atoms with E-state index in [-0.39, 0.29) is 11.9 Å². The molecule has 5 nitrogen and oxygen atoms in total. The minimum atomic E-state index is -0.184. The number of amides is 1. The lowest BCUT2D eigenvalue weighted by atomic mass is 10.0. The van der Waals surface area contributed by atoms with Gasteiger partial charge in [-0.05, 0) is 36.5 Å². The summed E-state index contributed by atoms with van der Waals surface area (Å²) >= 11 is 0. The van der Waals surface area contributed by atoms with Crippen molar-refractivity contribution < 1.29 is 9.53 Å². The Morgan fingerprint density at radius 1 is 1.29 bits per heavy atom. The molecule has 21 heavy (non-hydrogen) atoms. The molecule has 0 saturated heterocycles. The lowest BCUT2D eigenvalue weighted by molar-refractivity contribution is 0.0926. The largest absolute Gasteiger partial charge is 0.497 e. The van der Waals surface area contributed by atoms with Crippen molar-refractivity contribution in [3.63, 3.8) is 0 Å². The maximum atomic E-state index is 12.2. The first-order chi connectivity index (χ1) is 10.3. The fraction of sp³-hybridized carbons (Fsp3) is 0.312. The number of carbonyl (C=O) groups is 1. The summed E-state index contributed by atoms with van der Waals surface area (Å²) in [6.07, 6.45) is 6.83. The number of carbonyl (C=O) groups excluding carboxylic acids is 1. The first-order valence-electron chi connectivity index (χ1n) is 6.99. The van der Waals surface area contributed by atoms with E-state index < -0.39 is 0 Å². The van der Waals surface area contributed by atoms with E-state index in [0.717, 1.165) is 24.2 Å². The standard InChI is InChI=1S/C16H17N3O2/c1-21-13-6-4-12(5-7-13)15(11-2-3-11)19-16(20)14-10-17-8-9-18-14/h4-11,15H,2-3H2,1H3,(H,19,20). The Balaban J connectivity index is 1.77. The number of hydrogen-bond donors (Lipinski definition) is 1. The monoisotopic (exact) mass is 283 g/mol. The molecule has 1 aliphatic carbocycles. The maximum Gasteiger partial charge on any atom is 0.271 e. The smallest absolute Gasteiger partial charge is 0.271 e. The van der Waals surface area contributed by atoms with E-state index >= 15 is 0 Å². The number of ether oxygens (including phenoxy) is 1. The summed E-state index contributed by atoms with van der Waals surface area (Å²) in [7, 11) is 1.64. The van der Waals surface area contributed by atoms with E-state index in [1.807, 2.05) is 24.3 Å². The Morgan fingerprint density at radius 3 is 2.62 bits per heavy atom. The fourth-order valence-corrected chi connectivity index (χ4v) is 2.35. The van der Waals surface area contributed by atoms with Gasteiger partial charge in [-0.15, -0.1) is 0 Å². The first kappa shape index (κ1) is 13.5. The van der Waals surface area contributed by atoms with Gasteiger partial charge >= 0.3 is 0 Å². The van der Waals surface area contributed by atoms with Crippen LogP contribution in [0.2, 0.25) is 0 Å². The molecule has 0 spiro atoms. The Hall–Kier alpha value is -2.43. The van der Waals surface area contributed by atoms with E-state index in [1.165, 1.54) is 12.4 Å². The highest BCUT2D eigenvalue weighted by Gasteiger charge is 2.33. The van der Waals surface area contributed by atoms with Gasteiger partial charge in [0.05, 0.1) is 19.3 Å². The predicted octanol–water partition coefficient (Wildman–Crippen LogP) is 2.37. The molecule has 1 amide bonds. The highest BCUT2D eigenvalue weighted by atomic mass is 16.5. The lowest BCUT2D eigenvalue weighted by Gasteiger charge is -2.18. The molecule has 1 aromatic carbocycles. The quantitative estimate of drug-likeness (QED) is 0.915. The van der Waals surface area contributed by atoms with E-state index in [2.05, 4.69) is 15.3 Å². The summed E-state index contributed by atoms with van der Waals surface area (Å²) in [4.78, 5) is 20.2. The summed E-state index contributed by atoms with van der Waals surface area (Å²) in [6.45, 7) is 0. The third-order valence-electron chi connectivity index (χ3n) is 3.65. The van der Waals surface area contributed by atoms with Gasteiger partial charge in [-0.3, -0.25) is 9.78 Å². The summed E-state index contributed by atoms with van der Waals surface area (Å²) in [5.41, 5.74) is 1.44.